The molecule has 0 aliphatic heterocycles. The van der Waals surface area contributed by atoms with Crippen molar-refractivity contribution in [3.63, 3.8) is 0 Å². The Labute approximate surface area is 104 Å². The Balaban J connectivity index is 2.23. The molecule has 0 unspecified atom stereocenters. The van der Waals surface area contributed by atoms with Crippen LogP contribution in [0.25, 0.3) is 0 Å². The minimum atomic E-state index is -0.122. The minimum Gasteiger partial charge on any atom is -0.465 e. The molecule has 1 saturated carbocycles. The molecule has 0 saturated heterocycles. The van der Waals surface area contributed by atoms with Crippen molar-refractivity contribution in [3.8, 4) is 0 Å². The number of esters is 1. The second kappa shape index (κ2) is 8.48. The molecule has 4 heteroatoms. The first-order valence-corrected chi connectivity index (χ1v) is 6.78. The normalized spacial score (nSPS) is 15.9. The third kappa shape index (κ3) is 5.50. The maximum atomic E-state index is 11.6. The highest BCUT2D eigenvalue weighted by Crippen LogP contribution is 2.24. The summed E-state index contributed by atoms with van der Waals surface area (Å²) in [7, 11) is 0. The van der Waals surface area contributed by atoms with Gasteiger partial charge >= 0.3 is 5.97 Å². The lowest BCUT2D eigenvalue weighted by Crippen LogP contribution is -2.44. The fourth-order valence-corrected chi connectivity index (χ4v) is 1.96. The van der Waals surface area contributed by atoms with Gasteiger partial charge in [0.1, 0.15) is 0 Å². The van der Waals surface area contributed by atoms with Crippen LogP contribution < -0.4 is 0 Å². The van der Waals surface area contributed by atoms with Crippen molar-refractivity contribution in [2.24, 2.45) is 0 Å². The van der Waals surface area contributed by atoms with Gasteiger partial charge in [-0.15, -0.1) is 0 Å². The lowest BCUT2D eigenvalue weighted by molar-refractivity contribution is -0.146. The SMILES string of the molecule is CCCCOC(=O)CN(CCCO)C1CCC1. The largest absolute Gasteiger partial charge is 0.465 e. The number of hydrogen-bond acceptors (Lipinski definition) is 4. The Morgan fingerprint density at radius 2 is 2.18 bits per heavy atom. The van der Waals surface area contributed by atoms with Gasteiger partial charge in [-0.1, -0.05) is 19.8 Å². The summed E-state index contributed by atoms with van der Waals surface area (Å²) in [6.07, 6.45) is 6.32. The Hall–Kier alpha value is -0.610. The predicted molar refractivity (Wildman–Crippen MR) is 66.8 cm³/mol. The van der Waals surface area contributed by atoms with E-state index in [4.69, 9.17) is 9.84 Å². The molecular formula is C13H25NO3. The first-order chi connectivity index (χ1) is 8.27. The van der Waals surface area contributed by atoms with Gasteiger partial charge in [0.05, 0.1) is 13.2 Å². The van der Waals surface area contributed by atoms with Crippen LogP contribution in [0.4, 0.5) is 0 Å². The van der Waals surface area contributed by atoms with E-state index in [9.17, 15) is 4.79 Å². The summed E-state index contributed by atoms with van der Waals surface area (Å²) in [4.78, 5) is 13.8. The maximum Gasteiger partial charge on any atom is 0.320 e. The molecule has 0 aromatic rings. The number of carbonyl (C=O) groups is 1. The van der Waals surface area contributed by atoms with Crippen molar-refractivity contribution in [1.82, 2.24) is 4.90 Å². The highest BCUT2D eigenvalue weighted by atomic mass is 16.5. The topological polar surface area (TPSA) is 49.8 Å². The van der Waals surface area contributed by atoms with Gasteiger partial charge in [-0.25, -0.2) is 0 Å². The van der Waals surface area contributed by atoms with Gasteiger partial charge in [0, 0.05) is 19.2 Å². The van der Waals surface area contributed by atoms with E-state index in [1.165, 1.54) is 19.3 Å². The van der Waals surface area contributed by atoms with Gasteiger partial charge in [0.15, 0.2) is 0 Å². The van der Waals surface area contributed by atoms with Crippen molar-refractivity contribution in [2.45, 2.75) is 51.5 Å². The van der Waals surface area contributed by atoms with Crippen molar-refractivity contribution in [1.29, 1.82) is 0 Å². The van der Waals surface area contributed by atoms with Gasteiger partial charge in [-0.2, -0.15) is 0 Å². The van der Waals surface area contributed by atoms with Crippen molar-refractivity contribution < 1.29 is 14.6 Å². The molecule has 0 heterocycles. The zero-order chi connectivity index (χ0) is 12.5. The van der Waals surface area contributed by atoms with E-state index in [1.807, 2.05) is 0 Å². The smallest absolute Gasteiger partial charge is 0.320 e. The molecule has 4 nitrogen and oxygen atoms in total. The van der Waals surface area contributed by atoms with Crippen molar-refractivity contribution >= 4 is 5.97 Å². The number of aliphatic hydroxyl groups is 1. The van der Waals surface area contributed by atoms with Crippen molar-refractivity contribution in [2.75, 3.05) is 26.3 Å². The lowest BCUT2D eigenvalue weighted by Gasteiger charge is -2.36. The first-order valence-electron chi connectivity index (χ1n) is 6.78. The standard InChI is InChI=1S/C13H25NO3/c1-2-3-10-17-13(16)11-14(8-5-9-15)12-6-4-7-12/h12,15H,2-11H2,1H3. The van der Waals surface area contributed by atoms with Crippen LogP contribution in [0.1, 0.15) is 45.4 Å². The number of aliphatic hydroxyl groups excluding tert-OH is 1. The molecular weight excluding hydrogens is 218 g/mol. The summed E-state index contributed by atoms with van der Waals surface area (Å²) < 4.78 is 5.17. The summed E-state index contributed by atoms with van der Waals surface area (Å²) in [5.74, 6) is -0.122. The van der Waals surface area contributed by atoms with Crippen LogP contribution >= 0.6 is 0 Å². The predicted octanol–water partition coefficient (Wildman–Crippen LogP) is 1.57. The Morgan fingerprint density at radius 1 is 1.41 bits per heavy atom. The maximum absolute atomic E-state index is 11.6. The molecule has 0 atom stereocenters. The van der Waals surface area contributed by atoms with Gasteiger partial charge in [0.25, 0.3) is 0 Å². The monoisotopic (exact) mass is 243 g/mol. The van der Waals surface area contributed by atoms with E-state index >= 15 is 0 Å². The summed E-state index contributed by atoms with van der Waals surface area (Å²) in [5.41, 5.74) is 0. The third-order valence-corrected chi connectivity index (χ3v) is 3.29. The number of rotatable bonds is 9. The van der Waals surface area contributed by atoms with Gasteiger partial charge < -0.3 is 9.84 Å². The van der Waals surface area contributed by atoms with Gasteiger partial charge in [-0.05, 0) is 25.7 Å². The molecule has 1 aliphatic carbocycles. The van der Waals surface area contributed by atoms with Crippen LogP contribution in [0.15, 0.2) is 0 Å². The molecule has 1 N–H and O–H groups in total. The Morgan fingerprint density at radius 3 is 2.71 bits per heavy atom. The molecule has 1 fully saturated rings. The second-order valence-electron chi connectivity index (χ2n) is 4.71. The van der Waals surface area contributed by atoms with E-state index in [-0.39, 0.29) is 12.6 Å². The Kier molecular flexibility index (Phi) is 7.21. The van der Waals surface area contributed by atoms with E-state index in [0.29, 0.717) is 19.2 Å². The summed E-state index contributed by atoms with van der Waals surface area (Å²) >= 11 is 0. The second-order valence-corrected chi connectivity index (χ2v) is 4.71. The Bertz CT molecular complexity index is 217. The number of carbonyl (C=O) groups excluding carboxylic acids is 1. The molecule has 0 spiro atoms. The van der Waals surface area contributed by atoms with Crippen LogP contribution in [0.5, 0.6) is 0 Å². The van der Waals surface area contributed by atoms with E-state index < -0.39 is 0 Å². The number of hydrogen-bond donors (Lipinski definition) is 1. The number of unbranched alkanes of at least 4 members (excludes halogenated alkanes) is 1. The zero-order valence-electron chi connectivity index (χ0n) is 10.9. The number of ether oxygens (including phenoxy) is 1. The molecule has 1 aliphatic rings. The average molecular weight is 243 g/mol. The van der Waals surface area contributed by atoms with Crippen LogP contribution in [0.2, 0.25) is 0 Å². The summed E-state index contributed by atoms with van der Waals surface area (Å²) in [6.45, 7) is 3.98. The van der Waals surface area contributed by atoms with Gasteiger partial charge in [-0.3, -0.25) is 9.69 Å². The van der Waals surface area contributed by atoms with Crippen LogP contribution in [0.3, 0.4) is 0 Å². The highest BCUT2D eigenvalue weighted by Gasteiger charge is 2.26. The highest BCUT2D eigenvalue weighted by molar-refractivity contribution is 5.71. The van der Waals surface area contributed by atoms with Crippen LogP contribution in [-0.2, 0) is 9.53 Å². The summed E-state index contributed by atoms with van der Waals surface area (Å²) in [5, 5.41) is 8.85. The van der Waals surface area contributed by atoms with Crippen molar-refractivity contribution in [3.05, 3.63) is 0 Å². The minimum absolute atomic E-state index is 0.122. The van der Waals surface area contributed by atoms with Gasteiger partial charge in [0.2, 0.25) is 0 Å². The third-order valence-electron chi connectivity index (χ3n) is 3.29. The molecule has 17 heavy (non-hydrogen) atoms. The summed E-state index contributed by atoms with van der Waals surface area (Å²) in [6, 6.07) is 0.528. The lowest BCUT2D eigenvalue weighted by atomic mass is 9.91. The molecule has 0 radical (unpaired) electrons. The number of nitrogens with zero attached hydrogens (tertiary/aromatic N) is 1. The molecule has 100 valence electrons. The van der Waals surface area contributed by atoms with E-state index in [2.05, 4.69) is 11.8 Å². The molecule has 0 bridgehead atoms. The fourth-order valence-electron chi connectivity index (χ4n) is 1.96. The van der Waals surface area contributed by atoms with E-state index in [1.54, 1.807) is 0 Å². The first kappa shape index (κ1) is 14.5. The molecule has 0 amide bonds. The zero-order valence-corrected chi connectivity index (χ0v) is 10.9. The fraction of sp³-hybridized carbons (Fsp3) is 0.923. The van der Waals surface area contributed by atoms with Crippen LogP contribution in [-0.4, -0.2) is 48.3 Å². The average Bonchev–Trinajstić information content (AvgIpc) is 2.23. The molecule has 1 rings (SSSR count). The molecule has 0 aromatic heterocycles. The van der Waals surface area contributed by atoms with E-state index in [0.717, 1.165) is 25.8 Å². The van der Waals surface area contributed by atoms with Crippen LogP contribution in [0, 0.1) is 0 Å². The quantitative estimate of drug-likeness (QED) is 0.493. The molecule has 0 aromatic carbocycles.